The molecule has 0 saturated heterocycles. The first kappa shape index (κ1) is 49.2. The number of hydrogen-bond donors (Lipinski definition) is 0. The van der Waals surface area contributed by atoms with Crippen LogP contribution in [0.1, 0.15) is 51.8 Å². The maximum Gasteiger partial charge on any atom is 0.338 e. The van der Waals surface area contributed by atoms with Crippen molar-refractivity contribution in [1.82, 2.24) is 0 Å². The van der Waals surface area contributed by atoms with E-state index >= 15 is 0 Å². The van der Waals surface area contributed by atoms with E-state index in [0.717, 1.165) is 100 Å². The van der Waals surface area contributed by atoms with Gasteiger partial charge in [0.05, 0.1) is 36.5 Å². The molecule has 0 fully saturated rings. The molecule has 0 radical (unpaired) electrons. The van der Waals surface area contributed by atoms with Crippen LogP contribution in [0.25, 0.3) is 100 Å². The Morgan fingerprint density at radius 2 is 0.333 bits per heavy atom. The van der Waals surface area contributed by atoms with Gasteiger partial charge in [0.1, 0.15) is 0 Å². The Kier molecular flexibility index (Phi) is 14.8. The third kappa shape index (κ3) is 11.3. The molecule has 0 unspecified atom stereocenters. The third-order valence-corrected chi connectivity index (χ3v) is 13.4. The van der Waals surface area contributed by atoms with Crippen LogP contribution < -0.4 is 0 Å². The second-order valence-electron chi connectivity index (χ2n) is 18.2. The van der Waals surface area contributed by atoms with Gasteiger partial charge >= 0.3 is 17.9 Å². The lowest BCUT2D eigenvalue weighted by Gasteiger charge is -2.13. The molecule has 0 aliphatic carbocycles. The quantitative estimate of drug-likeness (QED) is 0.0752. The number of esters is 3. The van der Waals surface area contributed by atoms with Gasteiger partial charge in [0, 0.05) is 0 Å². The van der Waals surface area contributed by atoms with Crippen molar-refractivity contribution in [3.05, 3.63) is 253 Å². The van der Waals surface area contributed by atoms with Crippen LogP contribution in [-0.4, -0.2) is 37.7 Å². The summed E-state index contributed by atoms with van der Waals surface area (Å²) in [6.07, 6.45) is 0. The zero-order valence-corrected chi connectivity index (χ0v) is 42.1. The normalized spacial score (nSPS) is 10.9. The molecule has 0 N–H and O–H groups in total. The van der Waals surface area contributed by atoms with Crippen LogP contribution in [0, 0.1) is 0 Å². The lowest BCUT2D eigenvalue weighted by atomic mass is 9.91. The summed E-state index contributed by atoms with van der Waals surface area (Å²) < 4.78 is 15.5. The molecule has 6 heteroatoms. The minimum absolute atomic E-state index is 0.314. The van der Waals surface area contributed by atoms with Crippen molar-refractivity contribution in [2.45, 2.75) is 20.8 Å². The monoisotopic (exact) mass is 978 g/mol. The molecule has 0 amide bonds. The Balaban J connectivity index is 0.912. The van der Waals surface area contributed by atoms with Crippen molar-refractivity contribution in [2.24, 2.45) is 0 Å². The van der Waals surface area contributed by atoms with E-state index in [1.54, 1.807) is 20.8 Å². The van der Waals surface area contributed by atoms with E-state index in [9.17, 15) is 14.4 Å². The largest absolute Gasteiger partial charge is 0.462 e. The minimum Gasteiger partial charge on any atom is -0.462 e. The molecule has 10 aromatic rings. The number of ether oxygens (including phenoxy) is 3. The number of carbonyl (C=O) groups excluding carboxylic acids is 3. The van der Waals surface area contributed by atoms with Gasteiger partial charge in [-0.2, -0.15) is 0 Å². The predicted molar refractivity (Wildman–Crippen MR) is 303 cm³/mol. The van der Waals surface area contributed by atoms with E-state index in [1.807, 2.05) is 72.8 Å². The van der Waals surface area contributed by atoms with Gasteiger partial charge in [0.25, 0.3) is 0 Å². The van der Waals surface area contributed by atoms with Crippen LogP contribution in [-0.2, 0) is 14.2 Å². The van der Waals surface area contributed by atoms with Gasteiger partial charge in [-0.25, -0.2) is 14.4 Å². The molecule has 0 aliphatic heterocycles. The molecular formula is C69H54O6. The maximum atomic E-state index is 12.2. The van der Waals surface area contributed by atoms with Crippen LogP contribution in [0.15, 0.2) is 237 Å². The number of rotatable bonds is 15. The Labute approximate surface area is 438 Å². The first-order chi connectivity index (χ1) is 36.7. The van der Waals surface area contributed by atoms with Crippen molar-refractivity contribution in [3.63, 3.8) is 0 Å². The van der Waals surface area contributed by atoms with Gasteiger partial charge in [0.15, 0.2) is 0 Å². The van der Waals surface area contributed by atoms with Crippen molar-refractivity contribution < 1.29 is 28.6 Å². The van der Waals surface area contributed by atoms with Crippen molar-refractivity contribution in [1.29, 1.82) is 0 Å². The molecule has 0 heterocycles. The van der Waals surface area contributed by atoms with Crippen molar-refractivity contribution in [3.8, 4) is 100 Å². The average Bonchev–Trinajstić information content (AvgIpc) is 3.47. The van der Waals surface area contributed by atoms with Crippen molar-refractivity contribution >= 4 is 17.9 Å². The van der Waals surface area contributed by atoms with Gasteiger partial charge in [-0.15, -0.1) is 0 Å². The summed E-state index contributed by atoms with van der Waals surface area (Å²) in [5, 5.41) is 0. The van der Waals surface area contributed by atoms with Gasteiger partial charge in [-0.05, 0) is 176 Å². The summed E-state index contributed by atoms with van der Waals surface area (Å²) >= 11 is 0. The fraction of sp³-hybridized carbons (Fsp3) is 0.0870. The van der Waals surface area contributed by atoms with E-state index in [1.165, 1.54) is 0 Å². The van der Waals surface area contributed by atoms with Crippen LogP contribution in [0.3, 0.4) is 0 Å². The number of benzene rings is 10. The summed E-state index contributed by atoms with van der Waals surface area (Å²) in [4.78, 5) is 36.5. The molecule has 0 bridgehead atoms. The van der Waals surface area contributed by atoms with Crippen LogP contribution in [0.2, 0.25) is 0 Å². The van der Waals surface area contributed by atoms with Crippen molar-refractivity contribution in [2.75, 3.05) is 19.8 Å². The van der Waals surface area contributed by atoms with Gasteiger partial charge in [0.2, 0.25) is 0 Å². The molecule has 366 valence electrons. The molecule has 75 heavy (non-hydrogen) atoms. The Bertz CT molecular complexity index is 3180. The fourth-order valence-corrected chi connectivity index (χ4v) is 9.30. The van der Waals surface area contributed by atoms with Crippen LogP contribution >= 0.6 is 0 Å². The fourth-order valence-electron chi connectivity index (χ4n) is 9.30. The minimum atomic E-state index is -0.314. The second kappa shape index (κ2) is 22.6. The highest BCUT2D eigenvalue weighted by atomic mass is 16.5. The van der Waals surface area contributed by atoms with Gasteiger partial charge < -0.3 is 14.2 Å². The molecule has 0 aliphatic rings. The summed E-state index contributed by atoms with van der Waals surface area (Å²) in [6.45, 7) is 6.45. The molecule has 0 spiro atoms. The lowest BCUT2D eigenvalue weighted by molar-refractivity contribution is 0.0517. The molecule has 6 nitrogen and oxygen atoms in total. The SMILES string of the molecule is CCOC(=O)c1ccc(-c2ccc(-c3ccc(-c4cc(-c5ccc(-c6ccc(-c7ccc(C(=O)OCC)cc7)cc6)cc5)cc(-c5ccc(-c6ccc(-c7ccc(C(=O)OCC)cc7)cc6)cc5)c4)cc3)cc2)cc1. The lowest BCUT2D eigenvalue weighted by Crippen LogP contribution is -2.03. The highest BCUT2D eigenvalue weighted by Gasteiger charge is 2.13. The molecule has 0 aromatic heterocycles. The summed E-state index contributed by atoms with van der Waals surface area (Å²) in [5.41, 5.74) is 21.3. The topological polar surface area (TPSA) is 78.9 Å². The number of hydrogen-bond acceptors (Lipinski definition) is 6. The van der Waals surface area contributed by atoms with Gasteiger partial charge in [-0.1, -0.05) is 182 Å². The van der Waals surface area contributed by atoms with E-state index < -0.39 is 0 Å². The van der Waals surface area contributed by atoms with E-state index in [4.69, 9.17) is 14.2 Å². The smallest absolute Gasteiger partial charge is 0.338 e. The Morgan fingerprint density at radius 1 is 0.213 bits per heavy atom. The zero-order chi connectivity index (χ0) is 51.7. The molecule has 10 rings (SSSR count). The van der Waals surface area contributed by atoms with Crippen LogP contribution in [0.5, 0.6) is 0 Å². The van der Waals surface area contributed by atoms with Gasteiger partial charge in [-0.3, -0.25) is 0 Å². The Morgan fingerprint density at radius 3 is 0.467 bits per heavy atom. The number of carbonyl (C=O) groups is 3. The first-order valence-electron chi connectivity index (χ1n) is 25.3. The summed E-state index contributed by atoms with van der Waals surface area (Å²) in [5.74, 6) is -0.943. The highest BCUT2D eigenvalue weighted by Crippen LogP contribution is 2.37. The van der Waals surface area contributed by atoms with Crippen LogP contribution in [0.4, 0.5) is 0 Å². The Hall–Kier alpha value is -9.39. The molecule has 0 atom stereocenters. The van der Waals surface area contributed by atoms with E-state index in [2.05, 4.69) is 164 Å². The molecular weight excluding hydrogens is 925 g/mol. The highest BCUT2D eigenvalue weighted by molar-refractivity contribution is 5.92. The second-order valence-corrected chi connectivity index (χ2v) is 18.2. The maximum absolute atomic E-state index is 12.2. The molecule has 0 saturated carbocycles. The zero-order valence-electron chi connectivity index (χ0n) is 42.1. The third-order valence-electron chi connectivity index (χ3n) is 13.4. The average molecular weight is 979 g/mol. The summed E-state index contributed by atoms with van der Waals surface area (Å²) in [7, 11) is 0. The summed E-state index contributed by atoms with van der Waals surface area (Å²) in [6, 6.07) is 81.2. The first-order valence-corrected chi connectivity index (χ1v) is 25.3. The van der Waals surface area contributed by atoms with E-state index in [0.29, 0.717) is 36.5 Å². The molecule has 10 aromatic carbocycles. The van der Waals surface area contributed by atoms with E-state index in [-0.39, 0.29) is 17.9 Å². The standard InChI is InChI=1S/C69H54O6/c1-4-73-67(70)61-37-31-55(32-38-61)49-13-7-46(8-14-49)52-19-25-58(26-20-52)64-43-65(59-27-21-53(22-28-59)47-9-15-50(16-10-47)56-33-39-62(40-34-56)68(71)74-5-2)45-66(44-64)60-29-23-54(24-30-60)48-11-17-51(18-12-48)57-35-41-63(42-36-57)69(72)75-6-3/h7-45H,4-6H2,1-3H3. The predicted octanol–water partition coefficient (Wildman–Crippen LogP) is 17.2.